The minimum Gasteiger partial charge on any atom is -0.374 e. The van der Waals surface area contributed by atoms with Gasteiger partial charge in [0.25, 0.3) is 0 Å². The maximum Gasteiger partial charge on any atom is 0.249 e. The average molecular weight is 246 g/mol. The molecule has 0 bridgehead atoms. The fourth-order valence-electron chi connectivity index (χ4n) is 2.00. The predicted octanol–water partition coefficient (Wildman–Crippen LogP) is 2.03. The lowest BCUT2D eigenvalue weighted by molar-refractivity contribution is -0.133. The van der Waals surface area contributed by atoms with Crippen molar-refractivity contribution >= 4 is 17.5 Å². The van der Waals surface area contributed by atoms with Gasteiger partial charge in [0.15, 0.2) is 0 Å². The maximum atomic E-state index is 11.6. The molecule has 1 unspecified atom stereocenters. The van der Waals surface area contributed by atoms with Crippen molar-refractivity contribution in [2.24, 2.45) is 0 Å². The highest BCUT2D eigenvalue weighted by Gasteiger charge is 2.26. The van der Waals surface area contributed by atoms with Crippen molar-refractivity contribution in [1.82, 2.24) is 5.32 Å². The fourth-order valence-corrected chi connectivity index (χ4v) is 2.00. The Hall–Kier alpha value is -1.84. The van der Waals surface area contributed by atoms with Crippen LogP contribution in [-0.2, 0) is 9.59 Å². The van der Waals surface area contributed by atoms with Crippen molar-refractivity contribution in [2.75, 3.05) is 5.32 Å². The van der Waals surface area contributed by atoms with Crippen LogP contribution < -0.4 is 10.6 Å². The zero-order valence-corrected chi connectivity index (χ0v) is 10.7. The third-order valence-electron chi connectivity index (χ3n) is 3.16. The summed E-state index contributed by atoms with van der Waals surface area (Å²) in [6.07, 6.45) is 0.948. The molecule has 4 heteroatoms. The van der Waals surface area contributed by atoms with Gasteiger partial charge in [-0.1, -0.05) is 26.0 Å². The van der Waals surface area contributed by atoms with Gasteiger partial charge in [-0.15, -0.1) is 0 Å². The van der Waals surface area contributed by atoms with Crippen LogP contribution in [-0.4, -0.2) is 17.9 Å². The van der Waals surface area contributed by atoms with Crippen LogP contribution >= 0.6 is 0 Å². The molecular formula is C14H18N2O2. The van der Waals surface area contributed by atoms with E-state index in [0.717, 1.165) is 5.69 Å². The Morgan fingerprint density at radius 1 is 1.22 bits per heavy atom. The minimum absolute atomic E-state index is 0.187. The van der Waals surface area contributed by atoms with E-state index in [2.05, 4.69) is 36.6 Å². The molecule has 1 saturated heterocycles. The largest absolute Gasteiger partial charge is 0.374 e. The van der Waals surface area contributed by atoms with Gasteiger partial charge in [0.05, 0.1) is 0 Å². The van der Waals surface area contributed by atoms with Crippen molar-refractivity contribution in [3.05, 3.63) is 29.8 Å². The molecule has 0 spiro atoms. The van der Waals surface area contributed by atoms with Crippen molar-refractivity contribution in [3.63, 3.8) is 0 Å². The number of imide groups is 1. The fraction of sp³-hybridized carbons (Fsp3) is 0.429. The second-order valence-corrected chi connectivity index (χ2v) is 4.92. The molecule has 0 radical (unpaired) electrons. The Kier molecular flexibility index (Phi) is 3.65. The third-order valence-corrected chi connectivity index (χ3v) is 3.16. The molecule has 1 aromatic carbocycles. The van der Waals surface area contributed by atoms with Crippen molar-refractivity contribution in [1.29, 1.82) is 0 Å². The molecule has 1 atom stereocenters. The summed E-state index contributed by atoms with van der Waals surface area (Å²) >= 11 is 0. The topological polar surface area (TPSA) is 58.2 Å². The molecule has 18 heavy (non-hydrogen) atoms. The number of piperidine rings is 1. The molecule has 1 heterocycles. The van der Waals surface area contributed by atoms with Gasteiger partial charge in [0.1, 0.15) is 6.04 Å². The lowest BCUT2D eigenvalue weighted by Crippen LogP contribution is -2.47. The molecule has 0 aliphatic carbocycles. The summed E-state index contributed by atoms with van der Waals surface area (Å²) in [6.45, 7) is 4.28. The average Bonchev–Trinajstić information content (AvgIpc) is 2.33. The number of anilines is 1. The smallest absolute Gasteiger partial charge is 0.249 e. The molecule has 1 fully saturated rings. The van der Waals surface area contributed by atoms with Crippen LogP contribution in [0.1, 0.15) is 38.2 Å². The zero-order chi connectivity index (χ0) is 13.1. The Morgan fingerprint density at radius 3 is 2.44 bits per heavy atom. The summed E-state index contributed by atoms with van der Waals surface area (Å²) in [4.78, 5) is 22.6. The van der Waals surface area contributed by atoms with Gasteiger partial charge < -0.3 is 5.32 Å². The molecule has 4 nitrogen and oxygen atoms in total. The Labute approximate surface area is 107 Å². The minimum atomic E-state index is -0.312. The second-order valence-electron chi connectivity index (χ2n) is 4.92. The van der Waals surface area contributed by atoms with Gasteiger partial charge >= 0.3 is 0 Å². The van der Waals surface area contributed by atoms with Gasteiger partial charge in [0, 0.05) is 12.1 Å². The van der Waals surface area contributed by atoms with Gasteiger partial charge in [-0.25, -0.2) is 0 Å². The number of hydrogen-bond acceptors (Lipinski definition) is 3. The van der Waals surface area contributed by atoms with Crippen LogP contribution in [0.25, 0.3) is 0 Å². The van der Waals surface area contributed by atoms with E-state index < -0.39 is 0 Å². The quantitative estimate of drug-likeness (QED) is 0.802. The molecule has 2 rings (SSSR count). The van der Waals surface area contributed by atoms with E-state index in [-0.39, 0.29) is 17.9 Å². The third kappa shape index (κ3) is 2.88. The van der Waals surface area contributed by atoms with Gasteiger partial charge in [-0.2, -0.15) is 0 Å². The van der Waals surface area contributed by atoms with Crippen LogP contribution in [0.2, 0.25) is 0 Å². The van der Waals surface area contributed by atoms with Crippen LogP contribution in [0.5, 0.6) is 0 Å². The molecule has 96 valence electrons. The van der Waals surface area contributed by atoms with Crippen LogP contribution in [0.4, 0.5) is 5.69 Å². The number of rotatable bonds is 3. The summed E-state index contributed by atoms with van der Waals surface area (Å²) < 4.78 is 0. The highest BCUT2D eigenvalue weighted by molar-refractivity contribution is 6.01. The lowest BCUT2D eigenvalue weighted by atomic mass is 10.0. The SMILES string of the molecule is CC(C)c1ccc(NC2CCC(=O)NC2=O)cc1. The molecule has 1 aliphatic heterocycles. The van der Waals surface area contributed by atoms with E-state index in [1.54, 1.807) is 0 Å². The summed E-state index contributed by atoms with van der Waals surface area (Å²) in [7, 11) is 0. The van der Waals surface area contributed by atoms with Crippen molar-refractivity contribution in [2.45, 2.75) is 38.6 Å². The number of benzene rings is 1. The van der Waals surface area contributed by atoms with E-state index in [1.807, 2.05) is 12.1 Å². The highest BCUT2D eigenvalue weighted by Crippen LogP contribution is 2.19. The van der Waals surface area contributed by atoms with E-state index in [9.17, 15) is 9.59 Å². The molecule has 1 aromatic rings. The summed E-state index contributed by atoms with van der Waals surface area (Å²) in [5.41, 5.74) is 2.18. The van der Waals surface area contributed by atoms with E-state index >= 15 is 0 Å². The first-order valence-corrected chi connectivity index (χ1v) is 6.26. The highest BCUT2D eigenvalue weighted by atomic mass is 16.2. The van der Waals surface area contributed by atoms with E-state index in [4.69, 9.17) is 0 Å². The number of hydrogen-bond donors (Lipinski definition) is 2. The summed E-state index contributed by atoms with van der Waals surface area (Å²) in [6, 6.07) is 7.74. The number of carbonyl (C=O) groups excluding carboxylic acids is 2. The molecule has 0 saturated carbocycles. The Bertz CT molecular complexity index is 451. The number of nitrogens with one attached hydrogen (secondary N) is 2. The number of amides is 2. The monoisotopic (exact) mass is 246 g/mol. The molecule has 1 aliphatic rings. The summed E-state index contributed by atoms with van der Waals surface area (Å²) in [5, 5.41) is 5.49. The molecule has 0 aromatic heterocycles. The first-order chi connectivity index (χ1) is 8.56. The van der Waals surface area contributed by atoms with Gasteiger partial charge in [-0.05, 0) is 30.0 Å². The van der Waals surface area contributed by atoms with Gasteiger partial charge in [0.2, 0.25) is 11.8 Å². The Balaban J connectivity index is 2.01. The molecular weight excluding hydrogens is 228 g/mol. The molecule has 2 amide bonds. The van der Waals surface area contributed by atoms with Crippen molar-refractivity contribution < 1.29 is 9.59 Å². The van der Waals surface area contributed by atoms with Gasteiger partial charge in [-0.3, -0.25) is 14.9 Å². The second kappa shape index (κ2) is 5.21. The molecule has 2 N–H and O–H groups in total. The summed E-state index contributed by atoms with van der Waals surface area (Å²) in [5.74, 6) is 0.0713. The first-order valence-electron chi connectivity index (χ1n) is 6.26. The zero-order valence-electron chi connectivity index (χ0n) is 10.7. The van der Waals surface area contributed by atoms with E-state index in [1.165, 1.54) is 5.56 Å². The number of carbonyl (C=O) groups is 2. The van der Waals surface area contributed by atoms with Crippen molar-refractivity contribution in [3.8, 4) is 0 Å². The standard InChI is InChI=1S/C14H18N2O2/c1-9(2)10-3-5-11(6-4-10)15-12-7-8-13(17)16-14(12)18/h3-6,9,12,15H,7-8H2,1-2H3,(H,16,17,18). The lowest BCUT2D eigenvalue weighted by Gasteiger charge is -2.23. The van der Waals surface area contributed by atoms with Crippen LogP contribution in [0.15, 0.2) is 24.3 Å². The van der Waals surface area contributed by atoms with E-state index in [0.29, 0.717) is 18.8 Å². The normalized spacial score (nSPS) is 19.8. The van der Waals surface area contributed by atoms with Crippen LogP contribution in [0.3, 0.4) is 0 Å². The van der Waals surface area contributed by atoms with Crippen LogP contribution in [0, 0.1) is 0 Å². The first kappa shape index (κ1) is 12.6. The Morgan fingerprint density at radius 2 is 1.89 bits per heavy atom. The predicted molar refractivity (Wildman–Crippen MR) is 70.3 cm³/mol. The maximum absolute atomic E-state index is 11.6.